The lowest BCUT2D eigenvalue weighted by Crippen LogP contribution is -2.20. The van der Waals surface area contributed by atoms with Crippen molar-refractivity contribution < 1.29 is 9.53 Å². The van der Waals surface area contributed by atoms with Crippen molar-refractivity contribution in [2.45, 2.75) is 20.4 Å². The molecule has 0 saturated heterocycles. The summed E-state index contributed by atoms with van der Waals surface area (Å²) < 4.78 is 7.26. The lowest BCUT2D eigenvalue weighted by Gasteiger charge is -2.12. The van der Waals surface area contributed by atoms with Gasteiger partial charge in [0.2, 0.25) is 0 Å². The second-order valence-electron chi connectivity index (χ2n) is 6.09. The molecule has 1 aromatic heterocycles. The van der Waals surface area contributed by atoms with Gasteiger partial charge < -0.3 is 19.9 Å². The van der Waals surface area contributed by atoms with Crippen LogP contribution in [0.25, 0.3) is 10.9 Å². The van der Waals surface area contributed by atoms with Crippen LogP contribution < -0.4 is 10.6 Å². The van der Waals surface area contributed by atoms with Gasteiger partial charge in [0.05, 0.1) is 17.8 Å². The smallest absolute Gasteiger partial charge is 0.323 e. The van der Waals surface area contributed by atoms with Crippen molar-refractivity contribution >= 4 is 28.3 Å². The van der Waals surface area contributed by atoms with E-state index in [0.29, 0.717) is 6.61 Å². The number of nitrogens with zero attached hydrogens (tertiary/aromatic N) is 1. The maximum Gasteiger partial charge on any atom is 0.323 e. The van der Waals surface area contributed by atoms with E-state index in [2.05, 4.69) is 15.2 Å². The number of methoxy groups -OCH3 is 1. The molecule has 0 atom stereocenters. The maximum absolute atomic E-state index is 12.5. The first-order valence-corrected chi connectivity index (χ1v) is 8.31. The Kier molecular flexibility index (Phi) is 5.05. The number of fused-ring (bicyclic) bond motifs is 1. The molecule has 0 unspecified atom stereocenters. The summed E-state index contributed by atoms with van der Waals surface area (Å²) in [6.45, 7) is 5.32. The fourth-order valence-electron chi connectivity index (χ4n) is 3.00. The van der Waals surface area contributed by atoms with E-state index in [4.69, 9.17) is 4.74 Å². The van der Waals surface area contributed by atoms with Gasteiger partial charge in [0.1, 0.15) is 0 Å². The summed E-state index contributed by atoms with van der Waals surface area (Å²) in [7, 11) is 1.68. The molecule has 130 valence electrons. The van der Waals surface area contributed by atoms with Crippen molar-refractivity contribution in [3.63, 3.8) is 0 Å². The number of aromatic nitrogens is 1. The van der Waals surface area contributed by atoms with Crippen LogP contribution in [0.3, 0.4) is 0 Å². The van der Waals surface area contributed by atoms with Gasteiger partial charge in [-0.1, -0.05) is 36.4 Å². The molecule has 0 bridgehead atoms. The van der Waals surface area contributed by atoms with E-state index in [0.717, 1.165) is 39.9 Å². The van der Waals surface area contributed by atoms with Crippen LogP contribution >= 0.6 is 0 Å². The molecule has 3 rings (SSSR count). The predicted octanol–water partition coefficient (Wildman–Crippen LogP) is 4.55. The Morgan fingerprint density at radius 2 is 1.76 bits per heavy atom. The van der Waals surface area contributed by atoms with Crippen LogP contribution in [0.2, 0.25) is 0 Å². The fraction of sp³-hybridized carbons (Fsp3) is 0.250. The Morgan fingerprint density at radius 1 is 1.04 bits per heavy atom. The van der Waals surface area contributed by atoms with E-state index in [-0.39, 0.29) is 6.03 Å². The number of rotatable bonds is 5. The van der Waals surface area contributed by atoms with Crippen LogP contribution in [0.4, 0.5) is 16.2 Å². The molecule has 0 radical (unpaired) electrons. The van der Waals surface area contributed by atoms with E-state index in [1.54, 1.807) is 7.11 Å². The first-order chi connectivity index (χ1) is 12.1. The topological polar surface area (TPSA) is 55.3 Å². The Morgan fingerprint density at radius 3 is 2.48 bits per heavy atom. The number of hydrogen-bond donors (Lipinski definition) is 2. The number of ether oxygens (including phenoxy) is 1. The molecule has 0 aliphatic carbocycles. The highest BCUT2D eigenvalue weighted by molar-refractivity contribution is 6.06. The van der Waals surface area contributed by atoms with Crippen LogP contribution in [-0.2, 0) is 11.3 Å². The monoisotopic (exact) mass is 337 g/mol. The molecule has 0 aliphatic heterocycles. The number of carbonyl (C=O) groups excluding carboxylic acids is 1. The van der Waals surface area contributed by atoms with Crippen LogP contribution in [0.1, 0.15) is 11.1 Å². The number of nitrogens with one attached hydrogen (secondary N) is 2. The molecule has 0 aliphatic rings. The third-order valence-corrected chi connectivity index (χ3v) is 4.29. The number of benzene rings is 2. The third-order valence-electron chi connectivity index (χ3n) is 4.29. The van der Waals surface area contributed by atoms with E-state index < -0.39 is 0 Å². The van der Waals surface area contributed by atoms with Gasteiger partial charge in [-0.05, 0) is 31.0 Å². The lowest BCUT2D eigenvalue weighted by molar-refractivity contribution is 0.188. The molecule has 1 heterocycles. The Hall–Kier alpha value is -2.79. The molecule has 2 N–H and O–H groups in total. The molecule has 0 fully saturated rings. The SMILES string of the molecule is COCCn1cc(NC(=O)Nc2c(C)cccc2C)c2ccccc21. The van der Waals surface area contributed by atoms with E-state index in [1.807, 2.05) is 62.5 Å². The van der Waals surface area contributed by atoms with Crippen LogP contribution in [0.5, 0.6) is 0 Å². The number of anilines is 2. The van der Waals surface area contributed by atoms with Crippen LogP contribution in [0, 0.1) is 13.8 Å². The van der Waals surface area contributed by atoms with Gasteiger partial charge in [-0.15, -0.1) is 0 Å². The fourth-order valence-corrected chi connectivity index (χ4v) is 3.00. The molecule has 2 amide bonds. The number of carbonyl (C=O) groups is 1. The second kappa shape index (κ2) is 7.40. The first kappa shape index (κ1) is 17.0. The lowest BCUT2D eigenvalue weighted by atomic mass is 10.1. The number of hydrogen-bond acceptors (Lipinski definition) is 2. The average molecular weight is 337 g/mol. The molecular weight excluding hydrogens is 314 g/mol. The predicted molar refractivity (Wildman–Crippen MR) is 102 cm³/mol. The van der Waals surface area contributed by atoms with Gasteiger partial charge in [-0.2, -0.15) is 0 Å². The summed E-state index contributed by atoms with van der Waals surface area (Å²) in [6.07, 6.45) is 1.95. The number of para-hydroxylation sites is 2. The standard InChI is InChI=1S/C20H23N3O2/c1-14-7-6-8-15(2)19(14)22-20(24)21-17-13-23(11-12-25-3)18-10-5-4-9-16(17)18/h4-10,13H,11-12H2,1-3H3,(H2,21,22,24). The maximum atomic E-state index is 12.5. The van der Waals surface area contributed by atoms with Crippen molar-refractivity contribution in [1.29, 1.82) is 0 Å². The zero-order chi connectivity index (χ0) is 17.8. The second-order valence-corrected chi connectivity index (χ2v) is 6.09. The average Bonchev–Trinajstić information content (AvgIpc) is 2.94. The summed E-state index contributed by atoms with van der Waals surface area (Å²) in [6, 6.07) is 13.7. The molecule has 25 heavy (non-hydrogen) atoms. The van der Waals surface area contributed by atoms with Crippen molar-refractivity contribution in [3.05, 3.63) is 59.8 Å². The molecule has 2 aromatic carbocycles. The largest absolute Gasteiger partial charge is 0.383 e. The third kappa shape index (κ3) is 3.67. The van der Waals surface area contributed by atoms with E-state index in [1.165, 1.54) is 0 Å². The minimum atomic E-state index is -0.243. The molecule has 0 spiro atoms. The van der Waals surface area contributed by atoms with Gasteiger partial charge in [0, 0.05) is 30.9 Å². The highest BCUT2D eigenvalue weighted by Crippen LogP contribution is 2.26. The van der Waals surface area contributed by atoms with Gasteiger partial charge >= 0.3 is 6.03 Å². The van der Waals surface area contributed by atoms with Gasteiger partial charge in [0.25, 0.3) is 0 Å². The zero-order valence-electron chi connectivity index (χ0n) is 14.8. The minimum absolute atomic E-state index is 0.243. The number of urea groups is 1. The van der Waals surface area contributed by atoms with Crippen LogP contribution in [0.15, 0.2) is 48.7 Å². The molecule has 0 saturated carbocycles. The summed E-state index contributed by atoms with van der Waals surface area (Å²) in [5.74, 6) is 0. The van der Waals surface area contributed by atoms with E-state index >= 15 is 0 Å². The Labute approximate surface area is 147 Å². The van der Waals surface area contributed by atoms with Crippen molar-refractivity contribution in [2.24, 2.45) is 0 Å². The Bertz CT molecular complexity index is 879. The quantitative estimate of drug-likeness (QED) is 0.718. The van der Waals surface area contributed by atoms with Crippen molar-refractivity contribution in [3.8, 4) is 0 Å². The zero-order valence-corrected chi connectivity index (χ0v) is 14.8. The highest BCUT2D eigenvalue weighted by atomic mass is 16.5. The summed E-state index contributed by atoms with van der Waals surface area (Å²) in [5.41, 5.74) is 4.79. The normalized spacial score (nSPS) is 10.8. The number of amides is 2. The van der Waals surface area contributed by atoms with Crippen molar-refractivity contribution in [2.75, 3.05) is 24.4 Å². The minimum Gasteiger partial charge on any atom is -0.383 e. The summed E-state index contributed by atoms with van der Waals surface area (Å²) in [5, 5.41) is 6.94. The first-order valence-electron chi connectivity index (χ1n) is 8.31. The van der Waals surface area contributed by atoms with E-state index in [9.17, 15) is 4.79 Å². The molecular formula is C20H23N3O2. The molecule has 3 aromatic rings. The molecule has 5 heteroatoms. The van der Waals surface area contributed by atoms with Crippen LogP contribution in [-0.4, -0.2) is 24.3 Å². The van der Waals surface area contributed by atoms with Gasteiger partial charge in [-0.25, -0.2) is 4.79 Å². The Balaban J connectivity index is 1.84. The van der Waals surface area contributed by atoms with Gasteiger partial charge in [-0.3, -0.25) is 0 Å². The van der Waals surface area contributed by atoms with Crippen molar-refractivity contribution in [1.82, 2.24) is 4.57 Å². The highest BCUT2D eigenvalue weighted by Gasteiger charge is 2.12. The number of aryl methyl sites for hydroxylation is 2. The summed E-state index contributed by atoms with van der Waals surface area (Å²) in [4.78, 5) is 12.5. The molecule has 5 nitrogen and oxygen atoms in total. The summed E-state index contributed by atoms with van der Waals surface area (Å²) >= 11 is 0. The van der Waals surface area contributed by atoms with Gasteiger partial charge in [0.15, 0.2) is 0 Å².